The average molecular weight is 674 g/mol. The molecule has 0 saturated carbocycles. The second kappa shape index (κ2) is 17.0. The van der Waals surface area contributed by atoms with Crippen molar-refractivity contribution in [1.82, 2.24) is 10.2 Å². The second-order valence-corrected chi connectivity index (χ2v) is 13.9. The molecule has 0 fully saturated rings. The molecular weight excluding hydrogens is 631 g/mol. The minimum absolute atomic E-state index is 0.0411. The van der Waals surface area contributed by atoms with Crippen molar-refractivity contribution >= 4 is 39.3 Å². The highest BCUT2D eigenvalue weighted by molar-refractivity contribution is 7.98. The maximum Gasteiger partial charge on any atom is 0.264 e. The van der Waals surface area contributed by atoms with Crippen LogP contribution in [0.3, 0.4) is 0 Å². The zero-order valence-electron chi connectivity index (χ0n) is 27.3. The van der Waals surface area contributed by atoms with Crippen LogP contribution in [-0.4, -0.2) is 56.6 Å². The number of benzene rings is 4. The molecule has 0 aliphatic rings. The predicted molar refractivity (Wildman–Crippen MR) is 189 cm³/mol. The lowest BCUT2D eigenvalue weighted by molar-refractivity contribution is -0.140. The van der Waals surface area contributed by atoms with E-state index in [1.807, 2.05) is 87.7 Å². The highest BCUT2D eigenvalue weighted by Crippen LogP contribution is 2.33. The lowest BCUT2D eigenvalue weighted by atomic mass is 10.0. The normalized spacial score (nSPS) is 12.5. The quantitative estimate of drug-likeness (QED) is 0.136. The minimum atomic E-state index is -4.25. The van der Waals surface area contributed by atoms with Crippen LogP contribution in [0.2, 0.25) is 0 Å². The van der Waals surface area contributed by atoms with Gasteiger partial charge in [0.25, 0.3) is 10.0 Å². The number of amides is 2. The third-order valence-corrected chi connectivity index (χ3v) is 10.3. The van der Waals surface area contributed by atoms with Gasteiger partial charge in [0.15, 0.2) is 0 Å². The molecular formula is C37H43N3O5S2. The number of thioether (sulfide) groups is 1. The van der Waals surface area contributed by atoms with Crippen molar-refractivity contribution in [3.8, 4) is 5.75 Å². The highest BCUT2D eigenvalue weighted by Gasteiger charge is 2.35. The largest absolute Gasteiger partial charge is 0.492 e. The van der Waals surface area contributed by atoms with Crippen LogP contribution in [0.1, 0.15) is 38.3 Å². The van der Waals surface area contributed by atoms with Gasteiger partial charge in [0.2, 0.25) is 11.8 Å². The zero-order valence-corrected chi connectivity index (χ0v) is 29.0. The molecule has 4 rings (SSSR count). The number of hydrogen-bond acceptors (Lipinski definition) is 6. The molecule has 0 bridgehead atoms. The van der Waals surface area contributed by atoms with Crippen LogP contribution >= 0.6 is 11.8 Å². The van der Waals surface area contributed by atoms with Crippen molar-refractivity contribution in [1.29, 1.82) is 0 Å². The summed E-state index contributed by atoms with van der Waals surface area (Å²) in [6, 6.07) is 31.2. The molecule has 0 saturated heterocycles. The molecule has 0 heterocycles. The van der Waals surface area contributed by atoms with E-state index in [0.29, 0.717) is 18.8 Å². The van der Waals surface area contributed by atoms with E-state index >= 15 is 0 Å². The van der Waals surface area contributed by atoms with Gasteiger partial charge in [0, 0.05) is 23.9 Å². The maximum absolute atomic E-state index is 14.7. The molecule has 47 heavy (non-hydrogen) atoms. The fraction of sp³-hybridized carbons (Fsp3) is 0.297. The minimum Gasteiger partial charge on any atom is -0.492 e. The molecule has 0 aliphatic heterocycles. The Morgan fingerprint density at radius 3 is 2.02 bits per heavy atom. The van der Waals surface area contributed by atoms with E-state index in [1.165, 1.54) is 16.7 Å². The number of hydrogen-bond donors (Lipinski definition) is 1. The molecule has 0 aromatic heterocycles. The number of ether oxygens (including phenoxy) is 1. The molecule has 0 aliphatic carbocycles. The molecule has 1 N–H and O–H groups in total. The molecule has 4 aromatic carbocycles. The van der Waals surface area contributed by atoms with Gasteiger partial charge in [-0.2, -0.15) is 0 Å². The van der Waals surface area contributed by atoms with Crippen molar-refractivity contribution in [2.75, 3.05) is 23.7 Å². The van der Waals surface area contributed by atoms with E-state index in [0.717, 1.165) is 20.3 Å². The number of nitrogens with one attached hydrogen (secondary N) is 1. The number of anilines is 1. The number of sulfonamides is 1. The van der Waals surface area contributed by atoms with E-state index in [-0.39, 0.29) is 35.5 Å². The third kappa shape index (κ3) is 9.39. The van der Waals surface area contributed by atoms with Gasteiger partial charge in [-0.1, -0.05) is 79.7 Å². The molecule has 2 unspecified atom stereocenters. The molecule has 0 spiro atoms. The Balaban J connectivity index is 1.83. The number of rotatable bonds is 16. The van der Waals surface area contributed by atoms with Gasteiger partial charge >= 0.3 is 0 Å². The van der Waals surface area contributed by atoms with Crippen molar-refractivity contribution in [3.05, 3.63) is 120 Å². The summed E-state index contributed by atoms with van der Waals surface area (Å²) in [7, 11) is -4.25. The molecule has 2 atom stereocenters. The Bertz CT molecular complexity index is 1700. The van der Waals surface area contributed by atoms with Crippen LogP contribution in [0.25, 0.3) is 0 Å². The number of nitrogens with zero attached hydrogens (tertiary/aromatic N) is 2. The maximum atomic E-state index is 14.7. The third-order valence-electron chi connectivity index (χ3n) is 7.83. The van der Waals surface area contributed by atoms with Gasteiger partial charge in [0.1, 0.15) is 18.3 Å². The van der Waals surface area contributed by atoms with Crippen molar-refractivity contribution in [2.45, 2.75) is 62.0 Å². The summed E-state index contributed by atoms with van der Waals surface area (Å²) >= 11 is 1.50. The fourth-order valence-corrected chi connectivity index (χ4v) is 6.94. The Labute approximate surface area is 283 Å². The second-order valence-electron chi connectivity index (χ2n) is 11.1. The smallest absolute Gasteiger partial charge is 0.264 e. The first-order valence-corrected chi connectivity index (χ1v) is 18.4. The van der Waals surface area contributed by atoms with Gasteiger partial charge < -0.3 is 15.0 Å². The van der Waals surface area contributed by atoms with E-state index in [9.17, 15) is 18.0 Å². The number of para-hydroxylation sites is 2. The van der Waals surface area contributed by atoms with Crippen molar-refractivity contribution in [2.24, 2.45) is 0 Å². The van der Waals surface area contributed by atoms with E-state index in [4.69, 9.17) is 4.74 Å². The van der Waals surface area contributed by atoms with Crippen LogP contribution in [0.15, 0.2) is 119 Å². The lowest BCUT2D eigenvalue weighted by Crippen LogP contribution is -2.54. The molecule has 2 amide bonds. The number of carbonyl (C=O) groups is 2. The van der Waals surface area contributed by atoms with Gasteiger partial charge in [-0.15, -0.1) is 11.8 Å². The summed E-state index contributed by atoms with van der Waals surface area (Å²) in [6.07, 6.45) is 2.88. The average Bonchev–Trinajstić information content (AvgIpc) is 3.09. The van der Waals surface area contributed by atoms with Crippen LogP contribution in [0.5, 0.6) is 5.75 Å². The summed E-state index contributed by atoms with van der Waals surface area (Å²) in [5, 5.41) is 3.06. The standard InChI is InChI=1S/C37H43N3O5S2/c1-5-28(3)38-37(42)34(25-29-15-9-7-10-16-29)39(26-30-17-11-8-12-18-30)36(41)27-40(33-19-13-14-20-35(33)45-6-2)47(43,44)32-23-21-31(46-4)22-24-32/h7-24,28,34H,5-6,25-27H2,1-4H3,(H,38,42). The molecule has 8 nitrogen and oxygen atoms in total. The fourth-order valence-electron chi connectivity index (χ4n) is 5.10. The summed E-state index contributed by atoms with van der Waals surface area (Å²) < 4.78 is 35.7. The van der Waals surface area contributed by atoms with Crippen LogP contribution in [0.4, 0.5) is 5.69 Å². The van der Waals surface area contributed by atoms with Crippen LogP contribution in [-0.2, 0) is 32.6 Å². The first kappa shape index (κ1) is 35.6. The van der Waals surface area contributed by atoms with E-state index in [1.54, 1.807) is 48.5 Å². The van der Waals surface area contributed by atoms with Crippen LogP contribution in [0, 0.1) is 0 Å². The first-order valence-electron chi connectivity index (χ1n) is 15.7. The Hall–Kier alpha value is -4.28. The summed E-state index contributed by atoms with van der Waals surface area (Å²) in [5.41, 5.74) is 1.93. The van der Waals surface area contributed by atoms with Gasteiger partial charge in [0.05, 0.1) is 17.2 Å². The predicted octanol–water partition coefficient (Wildman–Crippen LogP) is 6.56. The molecule has 10 heteroatoms. The molecule has 0 radical (unpaired) electrons. The lowest BCUT2D eigenvalue weighted by Gasteiger charge is -2.34. The summed E-state index contributed by atoms with van der Waals surface area (Å²) in [6.45, 7) is 5.57. The first-order chi connectivity index (χ1) is 22.7. The SMILES string of the molecule is CCOc1ccccc1N(CC(=O)N(Cc1ccccc1)C(Cc1ccccc1)C(=O)NC(C)CC)S(=O)(=O)c1ccc(SC)cc1. The van der Waals surface area contributed by atoms with Gasteiger partial charge in [-0.3, -0.25) is 13.9 Å². The van der Waals surface area contributed by atoms with Gasteiger partial charge in [-0.05, 0) is 74.0 Å². The van der Waals surface area contributed by atoms with Gasteiger partial charge in [-0.25, -0.2) is 8.42 Å². The summed E-state index contributed by atoms with van der Waals surface area (Å²) in [5.74, 6) is -0.494. The topological polar surface area (TPSA) is 96.0 Å². The van der Waals surface area contributed by atoms with Crippen LogP contribution < -0.4 is 14.4 Å². The highest BCUT2D eigenvalue weighted by atomic mass is 32.2. The zero-order chi connectivity index (χ0) is 33.8. The number of carbonyl (C=O) groups excluding carboxylic acids is 2. The Morgan fingerprint density at radius 1 is 0.830 bits per heavy atom. The van der Waals surface area contributed by atoms with E-state index < -0.39 is 28.5 Å². The summed E-state index contributed by atoms with van der Waals surface area (Å²) in [4.78, 5) is 31.1. The monoisotopic (exact) mass is 673 g/mol. The van der Waals surface area contributed by atoms with E-state index in [2.05, 4.69) is 5.32 Å². The molecule has 4 aromatic rings. The van der Waals surface area contributed by atoms with Crippen molar-refractivity contribution in [3.63, 3.8) is 0 Å². The van der Waals surface area contributed by atoms with Crippen molar-refractivity contribution < 1.29 is 22.7 Å². The Kier molecular flexibility index (Phi) is 12.9. The molecule has 248 valence electrons. The Morgan fingerprint density at radius 2 is 1.43 bits per heavy atom.